The van der Waals surface area contributed by atoms with Crippen LogP contribution >= 0.6 is 0 Å². The lowest BCUT2D eigenvalue weighted by molar-refractivity contribution is -0.123. The minimum atomic E-state index is -3.80. The SMILES string of the molecule is O=C(COc1ccc2ccccc2c1)NNS(=O)(=O)c1ccccc1. The van der Waals surface area contributed by atoms with Crippen LogP contribution in [0.3, 0.4) is 0 Å². The molecular weight excluding hydrogens is 340 g/mol. The Labute approximate surface area is 145 Å². The molecule has 6 nitrogen and oxygen atoms in total. The molecule has 25 heavy (non-hydrogen) atoms. The van der Waals surface area contributed by atoms with Crippen molar-refractivity contribution >= 4 is 26.7 Å². The first-order valence-corrected chi connectivity index (χ1v) is 9.00. The van der Waals surface area contributed by atoms with E-state index in [1.807, 2.05) is 41.2 Å². The van der Waals surface area contributed by atoms with Gasteiger partial charge in [-0.3, -0.25) is 10.2 Å². The number of hydrogen-bond donors (Lipinski definition) is 2. The van der Waals surface area contributed by atoms with Crippen LogP contribution in [0.25, 0.3) is 10.8 Å². The average molecular weight is 356 g/mol. The Morgan fingerprint density at radius 2 is 1.56 bits per heavy atom. The summed E-state index contributed by atoms with van der Waals surface area (Å²) in [5.41, 5.74) is 2.13. The molecule has 0 aromatic heterocycles. The quantitative estimate of drug-likeness (QED) is 0.664. The van der Waals surface area contributed by atoms with E-state index in [0.717, 1.165) is 10.8 Å². The Hall–Kier alpha value is -2.90. The molecule has 128 valence electrons. The molecule has 3 rings (SSSR count). The number of sulfonamides is 1. The summed E-state index contributed by atoms with van der Waals surface area (Å²) in [6.07, 6.45) is 0. The highest BCUT2D eigenvalue weighted by Crippen LogP contribution is 2.20. The molecule has 3 aromatic rings. The summed E-state index contributed by atoms with van der Waals surface area (Å²) in [7, 11) is -3.80. The fourth-order valence-corrected chi connectivity index (χ4v) is 3.11. The molecule has 2 N–H and O–H groups in total. The first-order valence-electron chi connectivity index (χ1n) is 7.52. The van der Waals surface area contributed by atoms with Crippen LogP contribution < -0.4 is 15.0 Å². The molecule has 0 bridgehead atoms. The molecule has 0 spiro atoms. The molecule has 0 aliphatic heterocycles. The van der Waals surface area contributed by atoms with E-state index in [0.29, 0.717) is 5.75 Å². The minimum Gasteiger partial charge on any atom is -0.484 e. The van der Waals surface area contributed by atoms with Crippen LogP contribution in [0.2, 0.25) is 0 Å². The third-order valence-electron chi connectivity index (χ3n) is 3.47. The summed E-state index contributed by atoms with van der Waals surface area (Å²) in [5.74, 6) is -0.0765. The second-order valence-electron chi connectivity index (χ2n) is 5.26. The molecule has 0 unspecified atom stereocenters. The van der Waals surface area contributed by atoms with Gasteiger partial charge in [-0.1, -0.05) is 48.5 Å². The lowest BCUT2D eigenvalue weighted by atomic mass is 10.1. The van der Waals surface area contributed by atoms with E-state index >= 15 is 0 Å². The van der Waals surface area contributed by atoms with Crippen LogP contribution in [0.1, 0.15) is 0 Å². The summed E-state index contributed by atoms with van der Waals surface area (Å²) in [6.45, 7) is -0.310. The van der Waals surface area contributed by atoms with Crippen LogP contribution in [-0.2, 0) is 14.8 Å². The summed E-state index contributed by atoms with van der Waals surface area (Å²) in [4.78, 5) is 13.9. The molecule has 0 saturated heterocycles. The molecule has 0 aliphatic rings. The number of rotatable bonds is 6. The Balaban J connectivity index is 1.55. The Morgan fingerprint density at radius 1 is 0.880 bits per heavy atom. The number of carbonyl (C=O) groups excluding carboxylic acids is 1. The number of carbonyl (C=O) groups is 1. The molecule has 0 heterocycles. The van der Waals surface area contributed by atoms with Crippen LogP contribution in [-0.4, -0.2) is 20.9 Å². The maximum atomic E-state index is 12.0. The third-order valence-corrected chi connectivity index (χ3v) is 4.73. The van der Waals surface area contributed by atoms with E-state index in [-0.39, 0.29) is 11.5 Å². The van der Waals surface area contributed by atoms with Crippen molar-refractivity contribution in [2.45, 2.75) is 4.90 Å². The van der Waals surface area contributed by atoms with Gasteiger partial charge in [0.2, 0.25) is 0 Å². The highest BCUT2D eigenvalue weighted by Gasteiger charge is 2.14. The van der Waals surface area contributed by atoms with Crippen LogP contribution in [0.15, 0.2) is 77.7 Å². The molecule has 0 saturated carbocycles. The normalized spacial score (nSPS) is 11.2. The molecule has 1 amide bonds. The smallest absolute Gasteiger partial charge is 0.272 e. The highest BCUT2D eigenvalue weighted by molar-refractivity contribution is 7.89. The maximum absolute atomic E-state index is 12.0. The fraction of sp³-hybridized carbons (Fsp3) is 0.0556. The Kier molecular flexibility index (Phi) is 4.97. The zero-order valence-electron chi connectivity index (χ0n) is 13.2. The van der Waals surface area contributed by atoms with Gasteiger partial charge in [-0.25, -0.2) is 8.42 Å². The number of nitrogens with one attached hydrogen (secondary N) is 2. The second-order valence-corrected chi connectivity index (χ2v) is 6.95. The van der Waals surface area contributed by atoms with E-state index in [1.54, 1.807) is 24.3 Å². The largest absolute Gasteiger partial charge is 0.484 e. The fourth-order valence-electron chi connectivity index (χ4n) is 2.22. The first kappa shape index (κ1) is 16.9. The van der Waals surface area contributed by atoms with Crippen LogP contribution in [0.4, 0.5) is 0 Å². The second kappa shape index (κ2) is 7.33. The zero-order valence-corrected chi connectivity index (χ0v) is 14.0. The predicted molar refractivity (Wildman–Crippen MR) is 94.3 cm³/mol. The molecule has 0 fully saturated rings. The van der Waals surface area contributed by atoms with Crippen molar-refractivity contribution in [2.24, 2.45) is 0 Å². The van der Waals surface area contributed by atoms with Crippen LogP contribution in [0.5, 0.6) is 5.75 Å². The van der Waals surface area contributed by atoms with E-state index in [2.05, 4.69) is 5.43 Å². The predicted octanol–water partition coefficient (Wildman–Crippen LogP) is 2.23. The van der Waals surface area contributed by atoms with Crippen molar-refractivity contribution in [1.82, 2.24) is 10.3 Å². The van der Waals surface area contributed by atoms with Gasteiger partial charge in [-0.05, 0) is 35.0 Å². The summed E-state index contributed by atoms with van der Waals surface area (Å²) in [6, 6.07) is 21.0. The van der Waals surface area contributed by atoms with Gasteiger partial charge in [0, 0.05) is 0 Å². The monoisotopic (exact) mass is 356 g/mol. The van der Waals surface area contributed by atoms with Gasteiger partial charge in [0.1, 0.15) is 5.75 Å². The van der Waals surface area contributed by atoms with E-state index in [1.165, 1.54) is 12.1 Å². The average Bonchev–Trinajstić information content (AvgIpc) is 2.65. The van der Waals surface area contributed by atoms with Crippen molar-refractivity contribution < 1.29 is 17.9 Å². The van der Waals surface area contributed by atoms with E-state index < -0.39 is 15.9 Å². The van der Waals surface area contributed by atoms with Gasteiger partial charge >= 0.3 is 0 Å². The summed E-state index contributed by atoms with van der Waals surface area (Å²) >= 11 is 0. The molecule has 7 heteroatoms. The standard InChI is InChI=1S/C18H16N2O4S/c21-18(19-20-25(22,23)17-8-2-1-3-9-17)13-24-16-11-10-14-6-4-5-7-15(14)12-16/h1-12,20H,13H2,(H,19,21). The number of hydrazine groups is 1. The van der Waals surface area contributed by atoms with Gasteiger partial charge in [-0.15, -0.1) is 4.83 Å². The van der Waals surface area contributed by atoms with Gasteiger partial charge in [-0.2, -0.15) is 0 Å². The zero-order chi connectivity index (χ0) is 17.7. The minimum absolute atomic E-state index is 0.0609. The first-order chi connectivity index (χ1) is 12.0. The number of ether oxygens (including phenoxy) is 1. The lowest BCUT2D eigenvalue weighted by Gasteiger charge is -2.10. The van der Waals surface area contributed by atoms with Crippen LogP contribution in [0, 0.1) is 0 Å². The van der Waals surface area contributed by atoms with E-state index in [9.17, 15) is 13.2 Å². The number of benzene rings is 3. The van der Waals surface area contributed by atoms with Crippen molar-refractivity contribution in [3.8, 4) is 5.75 Å². The molecular formula is C18H16N2O4S. The Morgan fingerprint density at radius 3 is 2.32 bits per heavy atom. The van der Waals surface area contributed by atoms with Crippen molar-refractivity contribution in [2.75, 3.05) is 6.61 Å². The molecule has 0 aliphatic carbocycles. The van der Waals surface area contributed by atoms with E-state index in [4.69, 9.17) is 4.74 Å². The van der Waals surface area contributed by atoms with Gasteiger partial charge in [0.25, 0.3) is 15.9 Å². The van der Waals surface area contributed by atoms with Crippen molar-refractivity contribution in [1.29, 1.82) is 0 Å². The van der Waals surface area contributed by atoms with Crippen molar-refractivity contribution in [3.63, 3.8) is 0 Å². The van der Waals surface area contributed by atoms with Crippen molar-refractivity contribution in [3.05, 3.63) is 72.8 Å². The lowest BCUT2D eigenvalue weighted by Crippen LogP contribution is -2.43. The summed E-state index contributed by atoms with van der Waals surface area (Å²) < 4.78 is 29.4. The highest BCUT2D eigenvalue weighted by atomic mass is 32.2. The number of amides is 1. The molecule has 0 radical (unpaired) electrons. The topological polar surface area (TPSA) is 84.5 Å². The summed E-state index contributed by atoms with van der Waals surface area (Å²) in [5, 5.41) is 2.06. The third kappa shape index (κ3) is 4.34. The van der Waals surface area contributed by atoms with Gasteiger partial charge in [0.05, 0.1) is 4.90 Å². The maximum Gasteiger partial charge on any atom is 0.272 e. The number of fused-ring (bicyclic) bond motifs is 1. The Bertz CT molecular complexity index is 988. The molecule has 3 aromatic carbocycles. The van der Waals surface area contributed by atoms with Gasteiger partial charge in [0.15, 0.2) is 6.61 Å². The number of hydrogen-bond acceptors (Lipinski definition) is 4. The molecule has 0 atom stereocenters. The van der Waals surface area contributed by atoms with Gasteiger partial charge < -0.3 is 4.74 Å².